The molecule has 1 heterocycles. The number of rotatable bonds is 6. The molecule has 0 aliphatic rings. The number of methoxy groups -OCH3 is 1. The Morgan fingerprint density at radius 3 is 2.85 bits per heavy atom. The number of nitrogens with zero attached hydrogens (tertiary/aromatic N) is 2. The van der Waals surface area contributed by atoms with Gasteiger partial charge in [-0.2, -0.15) is 5.10 Å². The van der Waals surface area contributed by atoms with Gasteiger partial charge in [0.05, 0.1) is 19.3 Å². The Hall–Kier alpha value is -1.85. The second kappa shape index (κ2) is 6.54. The van der Waals surface area contributed by atoms with Gasteiger partial charge in [-0.15, -0.1) is 0 Å². The normalized spacial score (nSPS) is 12.4. The maximum atomic E-state index is 5.72. The summed E-state index contributed by atoms with van der Waals surface area (Å²) < 4.78 is 7.37. The van der Waals surface area contributed by atoms with E-state index in [1.807, 2.05) is 30.1 Å². The Balaban J connectivity index is 2.23. The Morgan fingerprint density at radius 1 is 1.45 bits per heavy atom. The van der Waals surface area contributed by atoms with Gasteiger partial charge >= 0.3 is 0 Å². The van der Waals surface area contributed by atoms with Crippen LogP contribution in [0.2, 0.25) is 0 Å². The van der Waals surface area contributed by atoms with E-state index in [4.69, 9.17) is 10.6 Å². The predicted molar refractivity (Wildman–Crippen MR) is 79.4 cm³/mol. The Labute approximate surface area is 119 Å². The van der Waals surface area contributed by atoms with Crippen LogP contribution in [0.1, 0.15) is 29.7 Å². The molecule has 0 bridgehead atoms. The van der Waals surface area contributed by atoms with Crippen LogP contribution in [0.3, 0.4) is 0 Å². The summed E-state index contributed by atoms with van der Waals surface area (Å²) in [6.45, 7) is 4.98. The van der Waals surface area contributed by atoms with Crippen LogP contribution in [0, 0.1) is 6.92 Å². The lowest BCUT2D eigenvalue weighted by Crippen LogP contribution is -2.29. The number of ether oxygens (including phenoxy) is 1. The number of hydrogen-bond acceptors (Lipinski definition) is 4. The van der Waals surface area contributed by atoms with Gasteiger partial charge in [0.1, 0.15) is 5.75 Å². The highest BCUT2D eigenvalue weighted by atomic mass is 16.5. The third-order valence-corrected chi connectivity index (χ3v) is 3.42. The number of hydrogen-bond donors (Lipinski definition) is 2. The summed E-state index contributed by atoms with van der Waals surface area (Å²) in [4.78, 5) is 0. The van der Waals surface area contributed by atoms with Crippen molar-refractivity contribution in [1.82, 2.24) is 15.2 Å². The van der Waals surface area contributed by atoms with E-state index in [0.29, 0.717) is 0 Å². The van der Waals surface area contributed by atoms with Crippen LogP contribution in [-0.2, 0) is 13.0 Å². The van der Waals surface area contributed by atoms with E-state index in [1.165, 1.54) is 5.56 Å². The van der Waals surface area contributed by atoms with Crippen LogP contribution >= 0.6 is 0 Å². The van der Waals surface area contributed by atoms with E-state index in [1.54, 1.807) is 7.11 Å². The zero-order valence-electron chi connectivity index (χ0n) is 12.3. The molecule has 20 heavy (non-hydrogen) atoms. The van der Waals surface area contributed by atoms with Crippen molar-refractivity contribution < 1.29 is 4.74 Å². The third kappa shape index (κ3) is 3.18. The number of hydrazine groups is 1. The third-order valence-electron chi connectivity index (χ3n) is 3.42. The molecule has 0 fully saturated rings. The minimum atomic E-state index is 0.0000520. The zero-order chi connectivity index (χ0) is 14.5. The van der Waals surface area contributed by atoms with Gasteiger partial charge in [0.25, 0.3) is 0 Å². The topological polar surface area (TPSA) is 65.1 Å². The standard InChI is InChI=1S/C15H22N4O/c1-4-19-10-12(9-17-19)8-14(18-16)13-6-5-11(2)7-15(13)20-3/h5-7,9-10,14,18H,4,8,16H2,1-3H3. The Morgan fingerprint density at radius 2 is 2.25 bits per heavy atom. The van der Waals surface area contributed by atoms with Crippen molar-refractivity contribution in [3.8, 4) is 5.75 Å². The lowest BCUT2D eigenvalue weighted by atomic mass is 9.99. The van der Waals surface area contributed by atoms with Crippen LogP contribution in [0.5, 0.6) is 5.75 Å². The van der Waals surface area contributed by atoms with Crippen molar-refractivity contribution in [1.29, 1.82) is 0 Å². The van der Waals surface area contributed by atoms with Gasteiger partial charge in [0.15, 0.2) is 0 Å². The van der Waals surface area contributed by atoms with Crippen LogP contribution in [-0.4, -0.2) is 16.9 Å². The van der Waals surface area contributed by atoms with Crippen molar-refractivity contribution in [3.05, 3.63) is 47.3 Å². The number of benzene rings is 1. The van der Waals surface area contributed by atoms with Crippen LogP contribution in [0.25, 0.3) is 0 Å². The summed E-state index contributed by atoms with van der Waals surface area (Å²) in [7, 11) is 1.68. The van der Waals surface area contributed by atoms with E-state index in [2.05, 4.69) is 29.6 Å². The Kier molecular flexibility index (Phi) is 4.76. The zero-order valence-corrected chi connectivity index (χ0v) is 12.3. The van der Waals surface area contributed by atoms with Crippen molar-refractivity contribution in [3.63, 3.8) is 0 Å². The molecule has 3 N–H and O–H groups in total. The summed E-state index contributed by atoms with van der Waals surface area (Å²) >= 11 is 0. The number of nitrogens with one attached hydrogen (secondary N) is 1. The highest BCUT2D eigenvalue weighted by Gasteiger charge is 2.16. The van der Waals surface area contributed by atoms with Gasteiger partial charge in [-0.1, -0.05) is 12.1 Å². The fourth-order valence-corrected chi connectivity index (χ4v) is 2.29. The average Bonchev–Trinajstić information content (AvgIpc) is 2.92. The van der Waals surface area contributed by atoms with Gasteiger partial charge in [-0.05, 0) is 37.5 Å². The molecule has 0 spiro atoms. The fraction of sp³-hybridized carbons (Fsp3) is 0.400. The molecule has 2 aromatic rings. The molecular weight excluding hydrogens is 252 g/mol. The lowest BCUT2D eigenvalue weighted by molar-refractivity contribution is 0.398. The highest BCUT2D eigenvalue weighted by Crippen LogP contribution is 2.28. The highest BCUT2D eigenvalue weighted by molar-refractivity contribution is 5.39. The minimum Gasteiger partial charge on any atom is -0.496 e. The fourth-order valence-electron chi connectivity index (χ4n) is 2.29. The van der Waals surface area contributed by atoms with Crippen molar-refractivity contribution in [2.24, 2.45) is 5.84 Å². The molecule has 1 atom stereocenters. The minimum absolute atomic E-state index is 0.0000520. The molecular formula is C15H22N4O. The quantitative estimate of drug-likeness (QED) is 0.624. The molecule has 1 aromatic carbocycles. The smallest absolute Gasteiger partial charge is 0.123 e. The Bertz CT molecular complexity index is 565. The predicted octanol–water partition coefficient (Wildman–Crippen LogP) is 1.97. The molecule has 1 unspecified atom stereocenters. The maximum Gasteiger partial charge on any atom is 0.123 e. The molecule has 5 nitrogen and oxygen atoms in total. The number of aryl methyl sites for hydroxylation is 2. The van der Waals surface area contributed by atoms with Gasteiger partial charge in [-0.25, -0.2) is 0 Å². The van der Waals surface area contributed by atoms with Crippen LogP contribution in [0.4, 0.5) is 0 Å². The first-order chi connectivity index (χ1) is 9.67. The van der Waals surface area contributed by atoms with Gasteiger partial charge in [0, 0.05) is 18.3 Å². The first-order valence-corrected chi connectivity index (χ1v) is 6.80. The van der Waals surface area contributed by atoms with Crippen LogP contribution < -0.4 is 16.0 Å². The molecule has 0 radical (unpaired) electrons. The van der Waals surface area contributed by atoms with Gasteiger partial charge in [-0.3, -0.25) is 16.0 Å². The molecule has 1 aromatic heterocycles. The second-order valence-electron chi connectivity index (χ2n) is 4.87. The molecule has 0 aliphatic carbocycles. The molecule has 0 amide bonds. The first-order valence-electron chi connectivity index (χ1n) is 6.80. The maximum absolute atomic E-state index is 5.72. The summed E-state index contributed by atoms with van der Waals surface area (Å²) in [5.74, 6) is 6.58. The summed E-state index contributed by atoms with van der Waals surface area (Å²) in [6, 6.07) is 6.15. The lowest BCUT2D eigenvalue weighted by Gasteiger charge is -2.19. The number of nitrogens with two attached hydrogens (primary N) is 1. The van der Waals surface area contributed by atoms with E-state index >= 15 is 0 Å². The SMILES string of the molecule is CCn1cc(CC(NN)c2ccc(C)cc2OC)cn1. The van der Waals surface area contributed by atoms with Gasteiger partial charge < -0.3 is 4.74 Å². The summed E-state index contributed by atoms with van der Waals surface area (Å²) in [5, 5.41) is 4.29. The molecule has 5 heteroatoms. The van der Waals surface area contributed by atoms with E-state index < -0.39 is 0 Å². The van der Waals surface area contributed by atoms with E-state index in [-0.39, 0.29) is 6.04 Å². The van der Waals surface area contributed by atoms with E-state index in [9.17, 15) is 0 Å². The second-order valence-corrected chi connectivity index (χ2v) is 4.87. The van der Waals surface area contributed by atoms with Crippen LogP contribution in [0.15, 0.2) is 30.6 Å². The van der Waals surface area contributed by atoms with Crippen molar-refractivity contribution in [2.45, 2.75) is 32.9 Å². The molecule has 108 valence electrons. The first kappa shape index (κ1) is 14.6. The van der Waals surface area contributed by atoms with Gasteiger partial charge in [0.2, 0.25) is 0 Å². The summed E-state index contributed by atoms with van der Waals surface area (Å²) in [6.07, 6.45) is 4.70. The molecule has 0 aliphatic heterocycles. The average molecular weight is 274 g/mol. The molecule has 0 saturated carbocycles. The van der Waals surface area contributed by atoms with E-state index in [0.717, 1.165) is 29.8 Å². The molecule has 2 rings (SSSR count). The van der Waals surface area contributed by atoms with Crippen molar-refractivity contribution >= 4 is 0 Å². The molecule has 0 saturated heterocycles. The van der Waals surface area contributed by atoms with Crippen molar-refractivity contribution in [2.75, 3.05) is 7.11 Å². The summed E-state index contributed by atoms with van der Waals surface area (Å²) in [5.41, 5.74) is 6.25. The number of aromatic nitrogens is 2. The monoisotopic (exact) mass is 274 g/mol. The largest absolute Gasteiger partial charge is 0.496 e.